The average molecular weight is 453 g/mol. The minimum atomic E-state index is -0.278. The Morgan fingerprint density at radius 2 is 1.60 bits per heavy atom. The molecule has 0 spiro atoms. The predicted octanol–water partition coefficient (Wildman–Crippen LogP) is 4.38. The highest BCUT2D eigenvalue weighted by molar-refractivity contribution is 14.1. The Hall–Kier alpha value is -1.11. The number of carbonyl (C=O) groups excluding carboxylic acids is 2. The first-order valence-corrected chi connectivity index (χ1v) is 10.3. The molecule has 4 bridgehead atoms. The molecular formula is C20H24INO3. The number of anilines is 1. The van der Waals surface area contributed by atoms with Gasteiger partial charge in [-0.15, -0.1) is 0 Å². The quantitative estimate of drug-likeness (QED) is 0.532. The Bertz CT molecular complexity index is 635. The summed E-state index contributed by atoms with van der Waals surface area (Å²) in [6, 6.07) is 7.54. The van der Waals surface area contributed by atoms with Crippen molar-refractivity contribution in [2.75, 3.05) is 11.9 Å². The first kappa shape index (κ1) is 17.3. The molecule has 5 heteroatoms. The summed E-state index contributed by atoms with van der Waals surface area (Å²) in [5.41, 5.74) is 0.890. The lowest BCUT2D eigenvalue weighted by molar-refractivity contribution is -0.154. The third-order valence-electron chi connectivity index (χ3n) is 6.18. The fourth-order valence-corrected chi connectivity index (χ4v) is 6.10. The van der Waals surface area contributed by atoms with Crippen molar-refractivity contribution in [2.24, 2.45) is 23.2 Å². The van der Waals surface area contributed by atoms with Crippen LogP contribution in [0.2, 0.25) is 0 Å². The normalized spacial score (nSPS) is 32.4. The van der Waals surface area contributed by atoms with E-state index in [1.807, 2.05) is 24.3 Å². The van der Waals surface area contributed by atoms with Gasteiger partial charge in [-0.05, 0) is 109 Å². The van der Waals surface area contributed by atoms with E-state index in [4.69, 9.17) is 4.74 Å². The number of amides is 1. The summed E-state index contributed by atoms with van der Waals surface area (Å²) in [5.74, 6) is 1.98. The lowest BCUT2D eigenvalue weighted by Crippen LogP contribution is -2.47. The average Bonchev–Trinajstić information content (AvgIpc) is 2.53. The van der Waals surface area contributed by atoms with Gasteiger partial charge in [-0.1, -0.05) is 0 Å². The third kappa shape index (κ3) is 4.01. The fourth-order valence-electron chi connectivity index (χ4n) is 5.74. The highest BCUT2D eigenvalue weighted by Gasteiger charge is 2.51. The van der Waals surface area contributed by atoms with E-state index in [9.17, 15) is 9.59 Å². The number of ether oxygens (including phenoxy) is 1. The van der Waals surface area contributed by atoms with Crippen LogP contribution in [0.4, 0.5) is 5.69 Å². The molecule has 4 nitrogen and oxygen atoms in total. The fraction of sp³-hybridized carbons (Fsp3) is 0.600. The number of carbonyl (C=O) groups is 2. The van der Waals surface area contributed by atoms with Gasteiger partial charge in [0.15, 0.2) is 6.61 Å². The van der Waals surface area contributed by atoms with Gasteiger partial charge in [-0.3, -0.25) is 9.59 Å². The van der Waals surface area contributed by atoms with E-state index < -0.39 is 0 Å². The van der Waals surface area contributed by atoms with Crippen molar-refractivity contribution in [1.82, 2.24) is 0 Å². The largest absolute Gasteiger partial charge is 0.456 e. The van der Waals surface area contributed by atoms with Gasteiger partial charge < -0.3 is 10.1 Å². The molecule has 0 aliphatic heterocycles. The number of hydrogen-bond donors (Lipinski definition) is 1. The molecule has 0 atom stereocenters. The van der Waals surface area contributed by atoms with Crippen molar-refractivity contribution >= 4 is 40.2 Å². The zero-order chi connectivity index (χ0) is 17.4. The van der Waals surface area contributed by atoms with E-state index in [0.717, 1.165) is 27.0 Å². The molecule has 0 unspecified atom stereocenters. The highest BCUT2D eigenvalue weighted by Crippen LogP contribution is 2.61. The number of benzene rings is 1. The molecule has 1 amide bonds. The molecule has 0 heterocycles. The van der Waals surface area contributed by atoms with Gasteiger partial charge >= 0.3 is 5.97 Å². The van der Waals surface area contributed by atoms with Crippen molar-refractivity contribution in [3.05, 3.63) is 27.8 Å². The first-order valence-electron chi connectivity index (χ1n) is 9.21. The molecule has 5 rings (SSSR count). The van der Waals surface area contributed by atoms with Gasteiger partial charge in [0.05, 0.1) is 6.42 Å². The predicted molar refractivity (Wildman–Crippen MR) is 104 cm³/mol. The van der Waals surface area contributed by atoms with E-state index in [2.05, 4.69) is 27.9 Å². The smallest absolute Gasteiger partial charge is 0.306 e. The Morgan fingerprint density at radius 3 is 2.16 bits per heavy atom. The summed E-state index contributed by atoms with van der Waals surface area (Å²) in [6.45, 7) is -0.197. The molecule has 134 valence electrons. The maximum absolute atomic E-state index is 12.3. The molecule has 0 radical (unpaired) electrons. The van der Waals surface area contributed by atoms with Crippen LogP contribution in [0.1, 0.15) is 44.9 Å². The Labute approximate surface area is 162 Å². The molecule has 4 aliphatic rings. The van der Waals surface area contributed by atoms with Crippen molar-refractivity contribution in [3.63, 3.8) is 0 Å². The molecule has 1 N–H and O–H groups in total. The maximum atomic E-state index is 12.3. The molecule has 4 fully saturated rings. The van der Waals surface area contributed by atoms with E-state index in [0.29, 0.717) is 6.42 Å². The molecule has 0 aromatic heterocycles. The van der Waals surface area contributed by atoms with Crippen LogP contribution in [0.15, 0.2) is 24.3 Å². The zero-order valence-electron chi connectivity index (χ0n) is 14.3. The molecule has 1 aromatic rings. The Morgan fingerprint density at radius 1 is 1.04 bits per heavy atom. The first-order chi connectivity index (χ1) is 12.0. The number of nitrogens with one attached hydrogen (secondary N) is 1. The van der Waals surface area contributed by atoms with E-state index in [1.165, 1.54) is 38.5 Å². The second-order valence-electron chi connectivity index (χ2n) is 8.31. The second-order valence-corrected chi connectivity index (χ2v) is 9.56. The van der Waals surface area contributed by atoms with Crippen LogP contribution in [0.3, 0.4) is 0 Å². The monoisotopic (exact) mass is 453 g/mol. The summed E-state index contributed by atoms with van der Waals surface area (Å²) in [4.78, 5) is 24.3. The standard InChI is InChI=1S/C20H24INO3/c21-16-1-3-17(4-2-16)22-18(23)12-25-19(24)11-20-8-13-5-14(9-20)7-15(6-13)10-20/h1-4,13-15H,5-12H2,(H,22,23). The van der Waals surface area contributed by atoms with E-state index in [-0.39, 0.29) is 23.9 Å². The molecule has 25 heavy (non-hydrogen) atoms. The van der Waals surface area contributed by atoms with Gasteiger partial charge in [0.2, 0.25) is 0 Å². The second kappa shape index (κ2) is 6.89. The molecule has 1 aromatic carbocycles. The van der Waals surface area contributed by atoms with Gasteiger partial charge in [-0.2, -0.15) is 0 Å². The van der Waals surface area contributed by atoms with Gasteiger partial charge in [0.25, 0.3) is 5.91 Å². The van der Waals surface area contributed by atoms with Crippen LogP contribution in [-0.2, 0) is 14.3 Å². The molecule has 4 aliphatic carbocycles. The van der Waals surface area contributed by atoms with E-state index >= 15 is 0 Å². The minimum absolute atomic E-state index is 0.165. The lowest BCUT2D eigenvalue weighted by Gasteiger charge is -2.56. The van der Waals surface area contributed by atoms with Crippen LogP contribution >= 0.6 is 22.6 Å². The Balaban J connectivity index is 1.26. The van der Waals surface area contributed by atoms with Crippen LogP contribution in [0.5, 0.6) is 0 Å². The summed E-state index contributed by atoms with van der Waals surface area (Å²) in [5, 5.41) is 2.76. The van der Waals surface area contributed by atoms with Crippen LogP contribution in [-0.4, -0.2) is 18.5 Å². The van der Waals surface area contributed by atoms with Crippen molar-refractivity contribution in [3.8, 4) is 0 Å². The molecular weight excluding hydrogens is 429 g/mol. The van der Waals surface area contributed by atoms with Crippen LogP contribution in [0, 0.1) is 26.7 Å². The summed E-state index contributed by atoms with van der Waals surface area (Å²) in [6.07, 6.45) is 8.15. The van der Waals surface area contributed by atoms with Gasteiger partial charge in [0.1, 0.15) is 0 Å². The lowest BCUT2D eigenvalue weighted by atomic mass is 9.49. The minimum Gasteiger partial charge on any atom is -0.456 e. The van der Waals surface area contributed by atoms with E-state index in [1.54, 1.807) is 0 Å². The molecule has 4 saturated carbocycles. The number of esters is 1. The van der Waals surface area contributed by atoms with Gasteiger partial charge in [0, 0.05) is 9.26 Å². The van der Waals surface area contributed by atoms with Crippen LogP contribution in [0.25, 0.3) is 0 Å². The number of rotatable bonds is 5. The zero-order valence-corrected chi connectivity index (χ0v) is 16.5. The van der Waals surface area contributed by atoms with Crippen molar-refractivity contribution < 1.29 is 14.3 Å². The Kier molecular flexibility index (Phi) is 4.77. The maximum Gasteiger partial charge on any atom is 0.306 e. The van der Waals surface area contributed by atoms with Crippen molar-refractivity contribution in [1.29, 1.82) is 0 Å². The summed E-state index contributed by atoms with van der Waals surface area (Å²) >= 11 is 2.21. The summed E-state index contributed by atoms with van der Waals surface area (Å²) < 4.78 is 6.40. The topological polar surface area (TPSA) is 55.4 Å². The van der Waals surface area contributed by atoms with Gasteiger partial charge in [-0.25, -0.2) is 0 Å². The summed E-state index contributed by atoms with van der Waals surface area (Å²) in [7, 11) is 0. The van der Waals surface area contributed by atoms with Crippen LogP contribution < -0.4 is 5.32 Å². The number of hydrogen-bond acceptors (Lipinski definition) is 3. The van der Waals surface area contributed by atoms with Crippen molar-refractivity contribution in [2.45, 2.75) is 44.9 Å². The third-order valence-corrected chi connectivity index (χ3v) is 6.90. The highest BCUT2D eigenvalue weighted by atomic mass is 127. The SMILES string of the molecule is O=C(COC(=O)CC12CC3CC(CC(C3)C1)C2)Nc1ccc(I)cc1. The number of halogens is 1. The molecule has 0 saturated heterocycles.